The van der Waals surface area contributed by atoms with Crippen molar-refractivity contribution < 1.29 is 9.32 Å². The number of aryl methyl sites for hydroxylation is 2. The maximum Gasteiger partial charge on any atom is 0.319 e. The van der Waals surface area contributed by atoms with Crippen LogP contribution in [-0.4, -0.2) is 23.5 Å². The number of hydrogen-bond donors (Lipinski definition) is 2. The molecule has 0 radical (unpaired) electrons. The lowest BCUT2D eigenvalue weighted by molar-refractivity contribution is 0.249. The Morgan fingerprint density at radius 1 is 1.33 bits per heavy atom. The maximum absolute atomic E-state index is 12.2. The van der Waals surface area contributed by atoms with Crippen LogP contribution in [0.3, 0.4) is 0 Å². The normalized spacial score (nSPS) is 13.4. The average molecular weight is 347 g/mol. The van der Waals surface area contributed by atoms with Crippen LogP contribution in [0.2, 0.25) is 0 Å². The molecular formula is C18H25N3O2S. The van der Waals surface area contributed by atoms with Crippen LogP contribution in [0, 0.1) is 13.8 Å². The second-order valence-electron chi connectivity index (χ2n) is 6.01. The van der Waals surface area contributed by atoms with E-state index in [0.717, 1.165) is 22.7 Å². The number of nitrogens with zero attached hydrogens (tertiary/aromatic N) is 1. The number of aromatic nitrogens is 1. The van der Waals surface area contributed by atoms with Crippen LogP contribution >= 0.6 is 11.8 Å². The van der Waals surface area contributed by atoms with Crippen molar-refractivity contribution in [3.8, 4) is 0 Å². The fraction of sp³-hybridized carbons (Fsp3) is 0.444. The highest BCUT2D eigenvalue weighted by Gasteiger charge is 2.15. The Morgan fingerprint density at radius 2 is 2.08 bits per heavy atom. The van der Waals surface area contributed by atoms with E-state index in [9.17, 15) is 4.79 Å². The number of rotatable bonds is 6. The summed E-state index contributed by atoms with van der Waals surface area (Å²) in [7, 11) is 0. The zero-order chi connectivity index (χ0) is 17.7. The molecule has 2 atom stereocenters. The molecule has 6 heteroatoms. The summed E-state index contributed by atoms with van der Waals surface area (Å²) in [5, 5.41) is 10.2. The van der Waals surface area contributed by atoms with E-state index < -0.39 is 0 Å². The molecule has 0 fully saturated rings. The molecule has 2 N–H and O–H groups in total. The Kier molecular flexibility index (Phi) is 6.31. The SMILES string of the molecule is CS[C@@H](C)c1cccc(NC(=O)N[C@H](C)Cc2c(C)noc2C)c1. The summed E-state index contributed by atoms with van der Waals surface area (Å²) in [6.07, 6.45) is 2.77. The van der Waals surface area contributed by atoms with Crippen molar-refractivity contribution >= 4 is 23.5 Å². The molecule has 0 unspecified atom stereocenters. The Labute approximate surface area is 147 Å². The monoisotopic (exact) mass is 347 g/mol. The number of nitrogens with one attached hydrogen (secondary N) is 2. The number of urea groups is 1. The van der Waals surface area contributed by atoms with Crippen molar-refractivity contribution in [1.29, 1.82) is 0 Å². The quantitative estimate of drug-likeness (QED) is 0.809. The van der Waals surface area contributed by atoms with Gasteiger partial charge < -0.3 is 15.2 Å². The van der Waals surface area contributed by atoms with Crippen molar-refractivity contribution in [1.82, 2.24) is 10.5 Å². The third-order valence-corrected chi connectivity index (χ3v) is 5.02. The number of thioether (sulfide) groups is 1. The summed E-state index contributed by atoms with van der Waals surface area (Å²) in [5.41, 5.74) is 3.93. The van der Waals surface area contributed by atoms with E-state index in [0.29, 0.717) is 11.7 Å². The smallest absolute Gasteiger partial charge is 0.319 e. The van der Waals surface area contributed by atoms with Gasteiger partial charge in [-0.2, -0.15) is 11.8 Å². The van der Waals surface area contributed by atoms with E-state index in [-0.39, 0.29) is 12.1 Å². The van der Waals surface area contributed by atoms with E-state index in [1.54, 1.807) is 11.8 Å². The zero-order valence-electron chi connectivity index (χ0n) is 14.8. The molecule has 0 bridgehead atoms. The van der Waals surface area contributed by atoms with Gasteiger partial charge in [-0.15, -0.1) is 0 Å². The summed E-state index contributed by atoms with van der Waals surface area (Å²) in [5.74, 6) is 0.806. The van der Waals surface area contributed by atoms with Gasteiger partial charge in [0.1, 0.15) is 5.76 Å². The van der Waals surface area contributed by atoms with Crippen LogP contribution in [0.25, 0.3) is 0 Å². The Morgan fingerprint density at radius 3 is 2.71 bits per heavy atom. The molecule has 0 saturated heterocycles. The fourth-order valence-corrected chi connectivity index (χ4v) is 2.97. The molecule has 130 valence electrons. The van der Waals surface area contributed by atoms with Crippen LogP contribution in [-0.2, 0) is 6.42 Å². The molecule has 1 aromatic heterocycles. The highest BCUT2D eigenvalue weighted by molar-refractivity contribution is 7.98. The number of hydrogen-bond acceptors (Lipinski definition) is 4. The predicted octanol–water partition coefficient (Wildman–Crippen LogP) is 4.47. The summed E-state index contributed by atoms with van der Waals surface area (Å²) in [6.45, 7) is 7.92. The van der Waals surface area contributed by atoms with Crippen LogP contribution in [0.5, 0.6) is 0 Å². The lowest BCUT2D eigenvalue weighted by atomic mass is 10.1. The van der Waals surface area contributed by atoms with E-state index in [4.69, 9.17) is 4.52 Å². The first kappa shape index (κ1) is 18.4. The first-order valence-electron chi connectivity index (χ1n) is 8.02. The van der Waals surface area contributed by atoms with Gasteiger partial charge in [-0.1, -0.05) is 17.3 Å². The summed E-state index contributed by atoms with van der Waals surface area (Å²) in [6, 6.07) is 7.72. The number of anilines is 1. The number of carbonyl (C=O) groups excluding carboxylic acids is 1. The van der Waals surface area contributed by atoms with Gasteiger partial charge in [0.2, 0.25) is 0 Å². The molecule has 5 nitrogen and oxygen atoms in total. The topological polar surface area (TPSA) is 67.2 Å². The molecular weight excluding hydrogens is 322 g/mol. The molecule has 2 aromatic rings. The number of benzene rings is 1. The van der Waals surface area contributed by atoms with E-state index in [1.165, 1.54) is 5.56 Å². The van der Waals surface area contributed by atoms with Crippen molar-refractivity contribution in [3.05, 3.63) is 46.8 Å². The molecule has 0 spiro atoms. The maximum atomic E-state index is 12.2. The van der Waals surface area contributed by atoms with E-state index in [1.807, 2.05) is 39.0 Å². The van der Waals surface area contributed by atoms with Gasteiger partial charge in [0.05, 0.1) is 5.69 Å². The van der Waals surface area contributed by atoms with Gasteiger partial charge in [0.15, 0.2) is 0 Å². The summed E-state index contributed by atoms with van der Waals surface area (Å²) >= 11 is 1.78. The summed E-state index contributed by atoms with van der Waals surface area (Å²) < 4.78 is 5.16. The second-order valence-corrected chi connectivity index (χ2v) is 7.19. The van der Waals surface area contributed by atoms with Gasteiger partial charge in [-0.05, 0) is 58.1 Å². The predicted molar refractivity (Wildman–Crippen MR) is 99.7 cm³/mol. The molecule has 0 aliphatic rings. The minimum atomic E-state index is -0.205. The minimum absolute atomic E-state index is 0.0184. The highest BCUT2D eigenvalue weighted by Crippen LogP contribution is 2.27. The van der Waals surface area contributed by atoms with Crippen molar-refractivity contribution in [2.45, 2.75) is 45.4 Å². The first-order chi connectivity index (χ1) is 11.4. The van der Waals surface area contributed by atoms with Crippen LogP contribution in [0.1, 0.15) is 41.7 Å². The molecule has 0 saturated carbocycles. The largest absolute Gasteiger partial charge is 0.361 e. The molecule has 1 heterocycles. The van der Waals surface area contributed by atoms with Crippen molar-refractivity contribution in [2.24, 2.45) is 0 Å². The lowest BCUT2D eigenvalue weighted by Gasteiger charge is -2.15. The zero-order valence-corrected chi connectivity index (χ0v) is 15.7. The third kappa shape index (κ3) is 4.77. The van der Waals surface area contributed by atoms with Crippen molar-refractivity contribution in [3.63, 3.8) is 0 Å². The van der Waals surface area contributed by atoms with E-state index in [2.05, 4.69) is 35.0 Å². The minimum Gasteiger partial charge on any atom is -0.361 e. The first-order valence-corrected chi connectivity index (χ1v) is 9.31. The Hall–Kier alpha value is -1.95. The number of carbonyl (C=O) groups is 1. The van der Waals surface area contributed by atoms with Crippen LogP contribution < -0.4 is 10.6 Å². The highest BCUT2D eigenvalue weighted by atomic mass is 32.2. The van der Waals surface area contributed by atoms with Crippen LogP contribution in [0.15, 0.2) is 28.8 Å². The third-order valence-electron chi connectivity index (χ3n) is 4.04. The van der Waals surface area contributed by atoms with E-state index >= 15 is 0 Å². The molecule has 0 aliphatic carbocycles. The standard InChI is InChI=1S/C18H25N3O2S/c1-11(9-17-12(2)21-23-13(17)3)19-18(22)20-16-8-6-7-15(10-16)14(4)24-5/h6-8,10-11,14H,9H2,1-5H3,(H2,19,20,22)/t11-,14+/m1/s1. The second kappa shape index (κ2) is 8.24. The molecule has 24 heavy (non-hydrogen) atoms. The number of amides is 2. The van der Waals surface area contributed by atoms with Gasteiger partial charge in [0, 0.05) is 22.5 Å². The Balaban J connectivity index is 1.93. The van der Waals surface area contributed by atoms with Gasteiger partial charge >= 0.3 is 6.03 Å². The molecule has 1 aromatic carbocycles. The van der Waals surface area contributed by atoms with Gasteiger partial charge in [-0.3, -0.25) is 0 Å². The Bertz CT molecular complexity index is 680. The van der Waals surface area contributed by atoms with Gasteiger partial charge in [0.25, 0.3) is 0 Å². The van der Waals surface area contributed by atoms with Gasteiger partial charge in [-0.25, -0.2) is 4.79 Å². The van der Waals surface area contributed by atoms with Crippen molar-refractivity contribution in [2.75, 3.05) is 11.6 Å². The molecule has 2 amide bonds. The lowest BCUT2D eigenvalue weighted by Crippen LogP contribution is -2.37. The van der Waals surface area contributed by atoms with Crippen LogP contribution in [0.4, 0.5) is 10.5 Å². The average Bonchev–Trinajstić information content (AvgIpc) is 2.86. The molecule has 0 aliphatic heterocycles. The summed E-state index contributed by atoms with van der Waals surface area (Å²) in [4.78, 5) is 12.2. The molecule has 2 rings (SSSR count). The fourth-order valence-electron chi connectivity index (χ4n) is 2.55.